The zero-order valence-electron chi connectivity index (χ0n) is 9.53. The Labute approximate surface area is 94.3 Å². The number of aromatic carboxylic acids is 1. The molecule has 0 spiro atoms. The van der Waals surface area contributed by atoms with Gasteiger partial charge in [-0.05, 0) is 24.6 Å². The predicted molar refractivity (Wildman–Crippen MR) is 59.0 cm³/mol. The maximum atomic E-state index is 11.4. The Bertz CT molecular complexity index is 424. The molecule has 0 fully saturated rings. The van der Waals surface area contributed by atoms with Gasteiger partial charge in [-0.25, -0.2) is 0 Å². The number of aryl methyl sites for hydroxylation is 1. The fourth-order valence-corrected chi connectivity index (χ4v) is 1.26. The first-order chi connectivity index (χ1) is 7.41. The SMILES string of the molecule is Cc1cc(NC(=O)C(C)C)ccc1C(=O)[O-]. The summed E-state index contributed by atoms with van der Waals surface area (Å²) in [6.45, 7) is 5.24. The predicted octanol–water partition coefficient (Wildman–Crippen LogP) is 0.953. The molecule has 4 heteroatoms. The molecule has 0 atom stereocenters. The number of anilines is 1. The lowest BCUT2D eigenvalue weighted by Gasteiger charge is -2.11. The third kappa shape index (κ3) is 2.82. The van der Waals surface area contributed by atoms with Gasteiger partial charge in [0.2, 0.25) is 5.91 Å². The molecule has 0 aliphatic rings. The molecule has 0 radical (unpaired) electrons. The molecule has 86 valence electrons. The fourth-order valence-electron chi connectivity index (χ4n) is 1.26. The molecule has 1 aromatic carbocycles. The summed E-state index contributed by atoms with van der Waals surface area (Å²) in [7, 11) is 0. The quantitative estimate of drug-likeness (QED) is 0.824. The number of hydrogen-bond donors (Lipinski definition) is 1. The minimum Gasteiger partial charge on any atom is -0.545 e. The van der Waals surface area contributed by atoms with E-state index in [-0.39, 0.29) is 17.4 Å². The summed E-state index contributed by atoms with van der Waals surface area (Å²) in [6.07, 6.45) is 0. The first-order valence-electron chi connectivity index (χ1n) is 5.04. The van der Waals surface area contributed by atoms with E-state index in [1.165, 1.54) is 6.07 Å². The zero-order valence-corrected chi connectivity index (χ0v) is 9.53. The molecule has 1 amide bonds. The highest BCUT2D eigenvalue weighted by Crippen LogP contribution is 2.15. The second-order valence-corrected chi connectivity index (χ2v) is 3.96. The lowest BCUT2D eigenvalue weighted by atomic mass is 10.1. The highest BCUT2D eigenvalue weighted by Gasteiger charge is 2.08. The van der Waals surface area contributed by atoms with Crippen LogP contribution in [0.2, 0.25) is 0 Å². The lowest BCUT2D eigenvalue weighted by Crippen LogP contribution is -2.23. The average Bonchev–Trinajstić information content (AvgIpc) is 2.16. The Balaban J connectivity index is 2.90. The van der Waals surface area contributed by atoms with E-state index in [1.54, 1.807) is 32.9 Å². The number of carboxylic acid groups (broad SMARTS) is 1. The van der Waals surface area contributed by atoms with E-state index >= 15 is 0 Å². The molecule has 0 heterocycles. The number of nitrogens with one attached hydrogen (secondary N) is 1. The number of rotatable bonds is 3. The monoisotopic (exact) mass is 220 g/mol. The zero-order chi connectivity index (χ0) is 12.3. The van der Waals surface area contributed by atoms with Gasteiger partial charge in [-0.15, -0.1) is 0 Å². The molecule has 0 bridgehead atoms. The van der Waals surface area contributed by atoms with Crippen LogP contribution in [0.5, 0.6) is 0 Å². The maximum Gasteiger partial charge on any atom is 0.226 e. The molecular formula is C12H14NO3-. The summed E-state index contributed by atoms with van der Waals surface area (Å²) in [4.78, 5) is 22.1. The molecule has 0 aromatic heterocycles. The number of hydrogen-bond acceptors (Lipinski definition) is 3. The van der Waals surface area contributed by atoms with Crippen LogP contribution in [0.4, 0.5) is 5.69 Å². The number of benzene rings is 1. The summed E-state index contributed by atoms with van der Waals surface area (Å²) in [5.74, 6) is -1.42. The number of carbonyl (C=O) groups excluding carboxylic acids is 2. The van der Waals surface area contributed by atoms with Crippen molar-refractivity contribution in [1.29, 1.82) is 0 Å². The normalized spacial score (nSPS) is 10.2. The molecule has 0 saturated heterocycles. The van der Waals surface area contributed by atoms with E-state index in [0.29, 0.717) is 11.3 Å². The first-order valence-corrected chi connectivity index (χ1v) is 5.04. The average molecular weight is 220 g/mol. The van der Waals surface area contributed by atoms with Crippen molar-refractivity contribution in [3.8, 4) is 0 Å². The Morgan fingerprint density at radius 2 is 1.94 bits per heavy atom. The van der Waals surface area contributed by atoms with Crippen LogP contribution in [0.3, 0.4) is 0 Å². The van der Waals surface area contributed by atoms with Gasteiger partial charge in [0.1, 0.15) is 0 Å². The van der Waals surface area contributed by atoms with Crippen molar-refractivity contribution in [2.24, 2.45) is 5.92 Å². The van der Waals surface area contributed by atoms with Gasteiger partial charge in [-0.2, -0.15) is 0 Å². The van der Waals surface area contributed by atoms with Crippen LogP contribution in [-0.2, 0) is 4.79 Å². The van der Waals surface area contributed by atoms with Gasteiger partial charge in [0.25, 0.3) is 0 Å². The molecule has 0 aliphatic heterocycles. The van der Waals surface area contributed by atoms with Crippen LogP contribution in [-0.4, -0.2) is 11.9 Å². The molecule has 1 N–H and O–H groups in total. The van der Waals surface area contributed by atoms with Crippen LogP contribution in [0.15, 0.2) is 18.2 Å². The highest BCUT2D eigenvalue weighted by molar-refractivity contribution is 5.93. The third-order valence-corrected chi connectivity index (χ3v) is 2.24. The number of amides is 1. The van der Waals surface area contributed by atoms with E-state index in [4.69, 9.17) is 0 Å². The topological polar surface area (TPSA) is 69.2 Å². The van der Waals surface area contributed by atoms with Gasteiger partial charge in [0, 0.05) is 17.2 Å². The Hall–Kier alpha value is -1.84. The highest BCUT2D eigenvalue weighted by atomic mass is 16.4. The van der Waals surface area contributed by atoms with Crippen LogP contribution >= 0.6 is 0 Å². The Morgan fingerprint density at radius 3 is 2.38 bits per heavy atom. The molecule has 0 unspecified atom stereocenters. The summed E-state index contributed by atoms with van der Waals surface area (Å²) < 4.78 is 0. The largest absolute Gasteiger partial charge is 0.545 e. The summed E-state index contributed by atoms with van der Waals surface area (Å²) >= 11 is 0. The fraction of sp³-hybridized carbons (Fsp3) is 0.333. The second-order valence-electron chi connectivity index (χ2n) is 3.96. The van der Waals surface area contributed by atoms with Gasteiger partial charge in [0.05, 0.1) is 5.97 Å². The third-order valence-electron chi connectivity index (χ3n) is 2.24. The minimum absolute atomic E-state index is 0.0967. The van der Waals surface area contributed by atoms with Crippen molar-refractivity contribution in [3.05, 3.63) is 29.3 Å². The first kappa shape index (κ1) is 12.2. The van der Waals surface area contributed by atoms with Crippen molar-refractivity contribution in [2.45, 2.75) is 20.8 Å². The Kier molecular flexibility index (Phi) is 3.66. The minimum atomic E-state index is -1.21. The van der Waals surface area contributed by atoms with Gasteiger partial charge in [0.15, 0.2) is 0 Å². The van der Waals surface area contributed by atoms with Crippen molar-refractivity contribution in [2.75, 3.05) is 5.32 Å². The van der Waals surface area contributed by atoms with Crippen molar-refractivity contribution in [1.82, 2.24) is 0 Å². The van der Waals surface area contributed by atoms with Gasteiger partial charge in [-0.1, -0.05) is 19.9 Å². The smallest absolute Gasteiger partial charge is 0.226 e. The standard InChI is InChI=1S/C12H15NO3/c1-7(2)11(14)13-9-4-5-10(12(15)16)8(3)6-9/h4-7H,1-3H3,(H,13,14)(H,15,16)/p-1. The van der Waals surface area contributed by atoms with Crippen LogP contribution in [0.25, 0.3) is 0 Å². The summed E-state index contributed by atoms with van der Waals surface area (Å²) in [5, 5.41) is 13.4. The Morgan fingerprint density at radius 1 is 1.31 bits per heavy atom. The molecule has 1 rings (SSSR count). The summed E-state index contributed by atoms with van der Waals surface area (Å²) in [6, 6.07) is 4.60. The molecule has 16 heavy (non-hydrogen) atoms. The van der Waals surface area contributed by atoms with Crippen LogP contribution < -0.4 is 10.4 Å². The van der Waals surface area contributed by atoms with Gasteiger partial charge in [-0.3, -0.25) is 4.79 Å². The van der Waals surface area contributed by atoms with Gasteiger partial charge >= 0.3 is 0 Å². The molecular weight excluding hydrogens is 206 g/mol. The van der Waals surface area contributed by atoms with E-state index < -0.39 is 5.97 Å². The number of carboxylic acids is 1. The van der Waals surface area contributed by atoms with Crippen molar-refractivity contribution < 1.29 is 14.7 Å². The van der Waals surface area contributed by atoms with E-state index in [1.807, 2.05) is 0 Å². The maximum absolute atomic E-state index is 11.4. The van der Waals surface area contributed by atoms with Crippen molar-refractivity contribution >= 4 is 17.6 Å². The van der Waals surface area contributed by atoms with E-state index in [9.17, 15) is 14.7 Å². The molecule has 1 aromatic rings. The molecule has 4 nitrogen and oxygen atoms in total. The van der Waals surface area contributed by atoms with E-state index in [2.05, 4.69) is 5.32 Å². The lowest BCUT2D eigenvalue weighted by molar-refractivity contribution is -0.255. The van der Waals surface area contributed by atoms with E-state index in [0.717, 1.165) is 0 Å². The van der Waals surface area contributed by atoms with Gasteiger partial charge < -0.3 is 15.2 Å². The molecule has 0 aliphatic carbocycles. The second kappa shape index (κ2) is 4.79. The van der Waals surface area contributed by atoms with Crippen LogP contribution in [0, 0.1) is 12.8 Å². The molecule has 0 saturated carbocycles. The van der Waals surface area contributed by atoms with Crippen molar-refractivity contribution in [3.63, 3.8) is 0 Å². The number of carbonyl (C=O) groups is 2. The van der Waals surface area contributed by atoms with Crippen LogP contribution in [0.1, 0.15) is 29.8 Å². The summed E-state index contributed by atoms with van der Waals surface area (Å²) in [5.41, 5.74) is 1.31.